The summed E-state index contributed by atoms with van der Waals surface area (Å²) in [4.78, 5) is 26.3. The van der Waals surface area contributed by atoms with Gasteiger partial charge in [0.1, 0.15) is 17.4 Å². The Hall–Kier alpha value is -2.56. The molecule has 1 N–H and O–H groups in total. The molecule has 1 aromatic carbocycles. The van der Waals surface area contributed by atoms with Crippen molar-refractivity contribution in [2.75, 3.05) is 17.7 Å². The van der Waals surface area contributed by atoms with Gasteiger partial charge >= 0.3 is 5.97 Å². The first-order chi connectivity index (χ1) is 17.9. The molecule has 0 saturated heterocycles. The lowest BCUT2D eigenvalue weighted by Crippen LogP contribution is -2.19. The number of aryl methyl sites for hydroxylation is 1. The molecule has 198 valence electrons. The van der Waals surface area contributed by atoms with Crippen LogP contribution in [0.25, 0.3) is 0 Å². The molecule has 0 bridgehead atoms. The van der Waals surface area contributed by atoms with Gasteiger partial charge in [0, 0.05) is 15.9 Å². The summed E-state index contributed by atoms with van der Waals surface area (Å²) in [6.07, 6.45) is 5.62. The topological polar surface area (TPSA) is 95.3 Å². The fourth-order valence-corrected chi connectivity index (χ4v) is 6.36. The van der Waals surface area contributed by atoms with E-state index in [0.717, 1.165) is 41.9 Å². The summed E-state index contributed by atoms with van der Waals surface area (Å²) in [5.74, 6) is 0.943. The van der Waals surface area contributed by atoms with E-state index in [1.54, 1.807) is 19.1 Å². The lowest BCUT2D eigenvalue weighted by molar-refractivity contribution is -0.113. The van der Waals surface area contributed by atoms with Crippen molar-refractivity contribution in [3.63, 3.8) is 0 Å². The van der Waals surface area contributed by atoms with E-state index >= 15 is 0 Å². The van der Waals surface area contributed by atoms with E-state index in [1.165, 1.54) is 29.5 Å². The van der Waals surface area contributed by atoms with Gasteiger partial charge in [-0.25, -0.2) is 4.79 Å². The molecular formula is C26H31ClN4O4S2. The molecule has 0 unspecified atom stereocenters. The summed E-state index contributed by atoms with van der Waals surface area (Å²) < 4.78 is 13.3. The predicted molar refractivity (Wildman–Crippen MR) is 147 cm³/mol. The quantitative estimate of drug-likeness (QED) is 0.219. The molecule has 8 nitrogen and oxygen atoms in total. The largest absolute Gasteiger partial charge is 0.486 e. The second-order valence-electron chi connectivity index (χ2n) is 8.85. The van der Waals surface area contributed by atoms with Crippen LogP contribution in [0.2, 0.25) is 5.02 Å². The molecule has 0 aliphatic heterocycles. The van der Waals surface area contributed by atoms with E-state index in [4.69, 9.17) is 21.1 Å². The zero-order valence-corrected chi connectivity index (χ0v) is 23.6. The lowest BCUT2D eigenvalue weighted by atomic mass is 9.95. The van der Waals surface area contributed by atoms with Crippen molar-refractivity contribution in [1.29, 1.82) is 0 Å². The molecule has 4 rings (SSSR count). The van der Waals surface area contributed by atoms with Gasteiger partial charge in [-0.15, -0.1) is 21.5 Å². The minimum Gasteiger partial charge on any atom is -0.486 e. The molecule has 1 aliphatic rings. The van der Waals surface area contributed by atoms with Gasteiger partial charge in [-0.05, 0) is 63.4 Å². The maximum atomic E-state index is 12.9. The number of anilines is 1. The highest BCUT2D eigenvalue weighted by Crippen LogP contribution is 2.35. The second-order valence-corrected chi connectivity index (χ2v) is 11.5. The molecule has 1 amide bonds. The van der Waals surface area contributed by atoms with Gasteiger partial charge in [0.25, 0.3) is 0 Å². The molecule has 1 fully saturated rings. The van der Waals surface area contributed by atoms with Gasteiger partial charge < -0.3 is 14.8 Å². The van der Waals surface area contributed by atoms with Crippen LogP contribution < -0.4 is 10.1 Å². The number of amides is 1. The first-order valence-electron chi connectivity index (χ1n) is 12.4. The van der Waals surface area contributed by atoms with Crippen molar-refractivity contribution in [2.45, 2.75) is 70.7 Å². The van der Waals surface area contributed by atoms with Gasteiger partial charge in [-0.3, -0.25) is 9.36 Å². The number of nitrogens with zero attached hydrogens (tertiary/aromatic N) is 3. The van der Waals surface area contributed by atoms with Crippen LogP contribution in [0, 0.1) is 13.8 Å². The van der Waals surface area contributed by atoms with E-state index in [-0.39, 0.29) is 30.9 Å². The highest BCUT2D eigenvalue weighted by Gasteiger charge is 2.25. The van der Waals surface area contributed by atoms with Gasteiger partial charge in [0.2, 0.25) is 5.91 Å². The zero-order chi connectivity index (χ0) is 26.4. The molecule has 0 atom stereocenters. The smallest absolute Gasteiger partial charge is 0.341 e. The van der Waals surface area contributed by atoms with Crippen molar-refractivity contribution in [3.05, 3.63) is 51.1 Å². The Labute approximate surface area is 230 Å². The molecule has 1 saturated carbocycles. The molecule has 2 heterocycles. The summed E-state index contributed by atoms with van der Waals surface area (Å²) in [5, 5.41) is 13.6. The van der Waals surface area contributed by atoms with Crippen LogP contribution in [-0.2, 0) is 16.1 Å². The SMILES string of the molecule is CCOC(=O)c1c(NC(=O)CSc2nnc(COc3ccc(Cl)cc3)n2C2CCCCC2)sc(C)c1C. The van der Waals surface area contributed by atoms with Gasteiger partial charge in [-0.2, -0.15) is 0 Å². The Morgan fingerprint density at radius 2 is 1.89 bits per heavy atom. The van der Waals surface area contributed by atoms with Crippen molar-refractivity contribution in [2.24, 2.45) is 0 Å². The Bertz CT molecular complexity index is 1240. The van der Waals surface area contributed by atoms with Crippen LogP contribution in [0.5, 0.6) is 5.75 Å². The lowest BCUT2D eigenvalue weighted by Gasteiger charge is -2.25. The van der Waals surface area contributed by atoms with E-state index in [0.29, 0.717) is 26.5 Å². The summed E-state index contributed by atoms with van der Waals surface area (Å²) in [5.41, 5.74) is 1.25. The van der Waals surface area contributed by atoms with Crippen LogP contribution in [-0.4, -0.2) is 39.0 Å². The number of thiophene rings is 1. The zero-order valence-electron chi connectivity index (χ0n) is 21.2. The fraction of sp³-hybridized carbons (Fsp3) is 0.462. The number of rotatable bonds is 10. The summed E-state index contributed by atoms with van der Waals surface area (Å²) in [7, 11) is 0. The Kier molecular flexibility index (Phi) is 9.50. The van der Waals surface area contributed by atoms with E-state index in [1.807, 2.05) is 26.0 Å². The predicted octanol–water partition coefficient (Wildman–Crippen LogP) is 6.60. The summed E-state index contributed by atoms with van der Waals surface area (Å²) in [6, 6.07) is 7.49. The molecule has 3 aromatic rings. The number of carbonyl (C=O) groups excluding carboxylic acids is 2. The standard InChI is InChI=1S/C26H31ClN4O4S2/c1-4-34-25(33)23-16(2)17(3)37-24(23)28-22(32)15-36-26-30-29-21(31(26)19-8-6-5-7-9-19)14-35-20-12-10-18(27)11-13-20/h10-13,19H,4-9,14-15H2,1-3H3,(H,28,32). The molecule has 1 aliphatic carbocycles. The van der Waals surface area contributed by atoms with Gasteiger partial charge in [-0.1, -0.05) is 42.6 Å². The number of esters is 1. The van der Waals surface area contributed by atoms with Crippen molar-refractivity contribution < 1.29 is 19.1 Å². The Balaban J connectivity index is 1.46. The third-order valence-corrected chi connectivity index (χ3v) is 8.62. The third kappa shape index (κ3) is 6.86. The first-order valence-corrected chi connectivity index (χ1v) is 14.6. The molecule has 11 heteroatoms. The number of hydrogen-bond acceptors (Lipinski definition) is 8. The number of carbonyl (C=O) groups is 2. The maximum absolute atomic E-state index is 12.9. The number of aromatic nitrogens is 3. The van der Waals surface area contributed by atoms with Crippen LogP contribution >= 0.6 is 34.7 Å². The molecule has 37 heavy (non-hydrogen) atoms. The van der Waals surface area contributed by atoms with E-state index < -0.39 is 5.97 Å². The van der Waals surface area contributed by atoms with Gasteiger partial charge in [0.05, 0.1) is 17.9 Å². The number of ether oxygens (including phenoxy) is 2. The molecule has 0 radical (unpaired) electrons. The highest BCUT2D eigenvalue weighted by atomic mass is 35.5. The third-order valence-electron chi connectivity index (χ3n) is 6.31. The number of hydrogen-bond donors (Lipinski definition) is 1. The second kappa shape index (κ2) is 12.8. The van der Waals surface area contributed by atoms with Crippen LogP contribution in [0.1, 0.15) is 71.7 Å². The molecular weight excluding hydrogens is 532 g/mol. The molecule has 2 aromatic heterocycles. The summed E-state index contributed by atoms with van der Waals surface area (Å²) in [6.45, 7) is 6.10. The first kappa shape index (κ1) is 27.5. The van der Waals surface area contributed by atoms with E-state index in [2.05, 4.69) is 20.1 Å². The Morgan fingerprint density at radius 3 is 2.59 bits per heavy atom. The summed E-state index contributed by atoms with van der Waals surface area (Å²) >= 11 is 8.70. The maximum Gasteiger partial charge on any atom is 0.341 e. The van der Waals surface area contributed by atoms with Crippen LogP contribution in [0.3, 0.4) is 0 Å². The Morgan fingerprint density at radius 1 is 1.16 bits per heavy atom. The monoisotopic (exact) mass is 562 g/mol. The van der Waals surface area contributed by atoms with Gasteiger partial charge in [0.15, 0.2) is 11.0 Å². The highest BCUT2D eigenvalue weighted by molar-refractivity contribution is 7.99. The molecule has 0 spiro atoms. The number of thioether (sulfide) groups is 1. The number of nitrogens with one attached hydrogen (secondary N) is 1. The van der Waals surface area contributed by atoms with E-state index in [9.17, 15) is 9.59 Å². The minimum absolute atomic E-state index is 0.140. The van der Waals surface area contributed by atoms with Crippen molar-refractivity contribution in [1.82, 2.24) is 14.8 Å². The van der Waals surface area contributed by atoms with Crippen LogP contribution in [0.15, 0.2) is 29.4 Å². The average molecular weight is 563 g/mol. The number of halogens is 1. The minimum atomic E-state index is -0.422. The average Bonchev–Trinajstić information content (AvgIpc) is 3.42. The number of benzene rings is 1. The van der Waals surface area contributed by atoms with Crippen molar-refractivity contribution in [3.8, 4) is 5.75 Å². The van der Waals surface area contributed by atoms with Crippen LogP contribution in [0.4, 0.5) is 5.00 Å². The van der Waals surface area contributed by atoms with Crippen molar-refractivity contribution >= 4 is 51.6 Å². The normalized spacial score (nSPS) is 13.9. The fourth-order valence-electron chi connectivity index (χ4n) is 4.35.